The number of ether oxygens (including phenoxy) is 1. The van der Waals surface area contributed by atoms with Crippen LogP contribution in [0.3, 0.4) is 0 Å². The minimum absolute atomic E-state index is 0.194. The fourth-order valence-corrected chi connectivity index (χ4v) is 2.74. The summed E-state index contributed by atoms with van der Waals surface area (Å²) < 4.78 is 5.61. The van der Waals surface area contributed by atoms with Crippen LogP contribution in [0.1, 0.15) is 57.6 Å². The van der Waals surface area contributed by atoms with Crippen molar-refractivity contribution >= 4 is 0 Å². The Morgan fingerprint density at radius 1 is 1.06 bits per heavy atom. The highest BCUT2D eigenvalue weighted by atomic mass is 16.5. The normalized spacial score (nSPS) is 18.9. The number of hydrogen-bond acceptors (Lipinski definition) is 2. The van der Waals surface area contributed by atoms with Gasteiger partial charge < -0.3 is 9.84 Å². The lowest BCUT2D eigenvalue weighted by Gasteiger charge is -2.26. The molecule has 1 aliphatic carbocycles. The van der Waals surface area contributed by atoms with Crippen LogP contribution in [0, 0.1) is 5.92 Å². The standard InChI is InChI=1S/C16H24O2/c1-12(2)18-15-10-8-14(9-11-15)16(17)13-6-4-3-5-7-13/h8-13,16-17H,3-7H2,1-2H3. The molecule has 2 rings (SSSR count). The topological polar surface area (TPSA) is 29.5 Å². The predicted octanol–water partition coefficient (Wildman–Crippen LogP) is 4.09. The monoisotopic (exact) mass is 248 g/mol. The number of hydrogen-bond donors (Lipinski definition) is 1. The molecule has 0 saturated heterocycles. The molecule has 1 saturated carbocycles. The molecule has 0 radical (unpaired) electrons. The third kappa shape index (κ3) is 3.49. The van der Waals surface area contributed by atoms with Gasteiger partial charge in [0.15, 0.2) is 0 Å². The summed E-state index contributed by atoms with van der Waals surface area (Å²) in [4.78, 5) is 0. The first kappa shape index (κ1) is 13.4. The number of aliphatic hydroxyl groups excluding tert-OH is 1. The van der Waals surface area contributed by atoms with Gasteiger partial charge in [0.05, 0.1) is 12.2 Å². The fourth-order valence-electron chi connectivity index (χ4n) is 2.74. The van der Waals surface area contributed by atoms with E-state index in [1.54, 1.807) is 0 Å². The maximum absolute atomic E-state index is 10.4. The predicted molar refractivity (Wildman–Crippen MR) is 73.7 cm³/mol. The Labute approximate surface area is 110 Å². The van der Waals surface area contributed by atoms with Crippen LogP contribution in [0.2, 0.25) is 0 Å². The van der Waals surface area contributed by atoms with E-state index in [-0.39, 0.29) is 12.2 Å². The third-order valence-corrected chi connectivity index (χ3v) is 3.69. The molecule has 0 heterocycles. The lowest BCUT2D eigenvalue weighted by Crippen LogP contribution is -2.15. The van der Waals surface area contributed by atoms with Gasteiger partial charge in [-0.2, -0.15) is 0 Å². The lowest BCUT2D eigenvalue weighted by molar-refractivity contribution is 0.0848. The second-order valence-corrected chi connectivity index (χ2v) is 5.58. The SMILES string of the molecule is CC(C)Oc1ccc(C(O)C2CCCCC2)cc1. The molecule has 1 atom stereocenters. The summed E-state index contributed by atoms with van der Waals surface area (Å²) in [6, 6.07) is 7.91. The van der Waals surface area contributed by atoms with E-state index in [2.05, 4.69) is 0 Å². The minimum Gasteiger partial charge on any atom is -0.491 e. The molecule has 1 fully saturated rings. The van der Waals surface area contributed by atoms with Crippen LogP contribution in [0.25, 0.3) is 0 Å². The van der Waals surface area contributed by atoms with Crippen molar-refractivity contribution in [3.05, 3.63) is 29.8 Å². The van der Waals surface area contributed by atoms with Crippen LogP contribution in [0.4, 0.5) is 0 Å². The quantitative estimate of drug-likeness (QED) is 0.869. The van der Waals surface area contributed by atoms with Gasteiger partial charge in [-0.25, -0.2) is 0 Å². The van der Waals surface area contributed by atoms with E-state index >= 15 is 0 Å². The van der Waals surface area contributed by atoms with Crippen molar-refractivity contribution in [2.75, 3.05) is 0 Å². The van der Waals surface area contributed by atoms with Gasteiger partial charge in [0.25, 0.3) is 0 Å². The first-order chi connectivity index (χ1) is 8.66. The molecule has 0 aliphatic heterocycles. The van der Waals surface area contributed by atoms with Crippen molar-refractivity contribution in [1.29, 1.82) is 0 Å². The van der Waals surface area contributed by atoms with Gasteiger partial charge in [-0.1, -0.05) is 31.4 Å². The van der Waals surface area contributed by atoms with E-state index < -0.39 is 0 Å². The molecule has 0 amide bonds. The Bertz CT molecular complexity index is 350. The summed E-state index contributed by atoms with van der Waals surface area (Å²) in [7, 11) is 0. The Morgan fingerprint density at radius 3 is 2.22 bits per heavy atom. The highest BCUT2D eigenvalue weighted by molar-refractivity contribution is 5.29. The largest absolute Gasteiger partial charge is 0.491 e. The number of benzene rings is 1. The molecule has 0 spiro atoms. The van der Waals surface area contributed by atoms with E-state index in [0.717, 1.165) is 24.2 Å². The van der Waals surface area contributed by atoms with Gasteiger partial charge >= 0.3 is 0 Å². The Kier molecular flexibility index (Phi) is 4.65. The highest BCUT2D eigenvalue weighted by Crippen LogP contribution is 2.34. The average Bonchev–Trinajstić information content (AvgIpc) is 2.39. The molecule has 2 nitrogen and oxygen atoms in total. The Morgan fingerprint density at radius 2 is 1.67 bits per heavy atom. The van der Waals surface area contributed by atoms with Crippen molar-refractivity contribution in [3.8, 4) is 5.75 Å². The number of aliphatic hydroxyl groups is 1. The highest BCUT2D eigenvalue weighted by Gasteiger charge is 2.22. The van der Waals surface area contributed by atoms with E-state index in [1.165, 1.54) is 19.3 Å². The molecule has 0 bridgehead atoms. The molecular formula is C16H24O2. The molecular weight excluding hydrogens is 224 g/mol. The summed E-state index contributed by atoms with van der Waals surface area (Å²) in [6.07, 6.45) is 6.05. The van der Waals surface area contributed by atoms with Crippen LogP contribution >= 0.6 is 0 Å². The third-order valence-electron chi connectivity index (χ3n) is 3.69. The second-order valence-electron chi connectivity index (χ2n) is 5.58. The van der Waals surface area contributed by atoms with Crippen molar-refractivity contribution in [1.82, 2.24) is 0 Å². The van der Waals surface area contributed by atoms with Crippen molar-refractivity contribution in [2.24, 2.45) is 5.92 Å². The molecule has 1 unspecified atom stereocenters. The van der Waals surface area contributed by atoms with Crippen LogP contribution in [-0.4, -0.2) is 11.2 Å². The van der Waals surface area contributed by atoms with Gasteiger partial charge in [0.2, 0.25) is 0 Å². The van der Waals surface area contributed by atoms with E-state index in [9.17, 15) is 5.11 Å². The maximum Gasteiger partial charge on any atom is 0.119 e. The second kappa shape index (κ2) is 6.24. The van der Waals surface area contributed by atoms with Crippen LogP contribution < -0.4 is 4.74 Å². The first-order valence-corrected chi connectivity index (χ1v) is 7.11. The zero-order valence-corrected chi connectivity index (χ0v) is 11.4. The smallest absolute Gasteiger partial charge is 0.119 e. The van der Waals surface area contributed by atoms with Gasteiger partial charge in [-0.3, -0.25) is 0 Å². The van der Waals surface area contributed by atoms with Gasteiger partial charge in [-0.15, -0.1) is 0 Å². The molecule has 1 aliphatic rings. The molecule has 0 aromatic heterocycles. The molecule has 100 valence electrons. The molecule has 18 heavy (non-hydrogen) atoms. The van der Waals surface area contributed by atoms with Crippen molar-refractivity contribution in [3.63, 3.8) is 0 Å². The van der Waals surface area contributed by atoms with Crippen LogP contribution in [0.5, 0.6) is 5.75 Å². The molecule has 1 aromatic carbocycles. The fraction of sp³-hybridized carbons (Fsp3) is 0.625. The lowest BCUT2D eigenvalue weighted by atomic mass is 9.83. The first-order valence-electron chi connectivity index (χ1n) is 7.11. The summed E-state index contributed by atoms with van der Waals surface area (Å²) in [5.41, 5.74) is 1.03. The molecule has 1 N–H and O–H groups in total. The molecule has 1 aromatic rings. The summed E-state index contributed by atoms with van der Waals surface area (Å²) >= 11 is 0. The van der Waals surface area contributed by atoms with E-state index in [1.807, 2.05) is 38.1 Å². The average molecular weight is 248 g/mol. The number of rotatable bonds is 4. The summed E-state index contributed by atoms with van der Waals surface area (Å²) in [5.74, 6) is 1.32. The maximum atomic E-state index is 10.4. The Balaban J connectivity index is 1.99. The van der Waals surface area contributed by atoms with Crippen LogP contribution in [-0.2, 0) is 0 Å². The zero-order chi connectivity index (χ0) is 13.0. The van der Waals surface area contributed by atoms with E-state index in [0.29, 0.717) is 5.92 Å². The van der Waals surface area contributed by atoms with Gasteiger partial charge in [0.1, 0.15) is 5.75 Å². The van der Waals surface area contributed by atoms with Gasteiger partial charge in [-0.05, 0) is 50.3 Å². The zero-order valence-electron chi connectivity index (χ0n) is 11.4. The van der Waals surface area contributed by atoms with E-state index in [4.69, 9.17) is 4.74 Å². The van der Waals surface area contributed by atoms with Crippen molar-refractivity contribution in [2.45, 2.75) is 58.2 Å². The minimum atomic E-state index is -0.307. The summed E-state index contributed by atoms with van der Waals surface area (Å²) in [5, 5.41) is 10.4. The Hall–Kier alpha value is -1.02. The van der Waals surface area contributed by atoms with Crippen molar-refractivity contribution < 1.29 is 9.84 Å². The molecule has 2 heteroatoms. The summed E-state index contributed by atoms with van der Waals surface area (Å²) in [6.45, 7) is 4.04. The van der Waals surface area contributed by atoms with Crippen LogP contribution in [0.15, 0.2) is 24.3 Å². The van der Waals surface area contributed by atoms with Gasteiger partial charge in [0, 0.05) is 0 Å².